The summed E-state index contributed by atoms with van der Waals surface area (Å²) < 4.78 is 10.9. The van der Waals surface area contributed by atoms with Gasteiger partial charge in [0.2, 0.25) is 0 Å². The van der Waals surface area contributed by atoms with Gasteiger partial charge >= 0.3 is 0 Å². The molecule has 0 aliphatic heterocycles. The average molecular weight is 290 g/mol. The van der Waals surface area contributed by atoms with Gasteiger partial charge < -0.3 is 9.47 Å². The summed E-state index contributed by atoms with van der Waals surface area (Å²) in [4.78, 5) is 0. The fourth-order valence-electron chi connectivity index (χ4n) is 4.05. The van der Waals surface area contributed by atoms with Gasteiger partial charge in [0.15, 0.2) is 0 Å². The lowest BCUT2D eigenvalue weighted by Crippen LogP contribution is -2.30. The number of hydrazine groups is 1. The normalized spacial score (nSPS) is 28.8. The number of methoxy groups -OCH3 is 1. The van der Waals surface area contributed by atoms with Crippen molar-refractivity contribution in [2.75, 3.05) is 20.3 Å². The topological polar surface area (TPSA) is 56.5 Å². The Hall–Kier alpha value is -1.10. The predicted molar refractivity (Wildman–Crippen MR) is 82.8 cm³/mol. The Kier molecular flexibility index (Phi) is 4.78. The van der Waals surface area contributed by atoms with Crippen molar-refractivity contribution in [2.45, 2.75) is 31.7 Å². The molecule has 0 radical (unpaired) electrons. The van der Waals surface area contributed by atoms with Gasteiger partial charge in [-0.25, -0.2) is 0 Å². The predicted octanol–water partition coefficient (Wildman–Crippen LogP) is 2.65. The van der Waals surface area contributed by atoms with Gasteiger partial charge in [0, 0.05) is 12.7 Å². The zero-order valence-electron chi connectivity index (χ0n) is 12.8. The number of benzene rings is 1. The maximum absolute atomic E-state index is 5.89. The van der Waals surface area contributed by atoms with Crippen molar-refractivity contribution in [3.05, 3.63) is 29.8 Å². The molecule has 0 aromatic heterocycles. The fourth-order valence-corrected chi connectivity index (χ4v) is 4.05. The highest BCUT2D eigenvalue weighted by Crippen LogP contribution is 2.60. The molecule has 3 unspecified atom stereocenters. The molecule has 116 valence electrons. The lowest BCUT2D eigenvalue weighted by molar-refractivity contribution is 0.145. The van der Waals surface area contributed by atoms with Crippen LogP contribution in [-0.4, -0.2) is 20.3 Å². The Labute approximate surface area is 127 Å². The number of rotatable bonds is 7. The van der Waals surface area contributed by atoms with Gasteiger partial charge in [0.25, 0.3) is 0 Å². The molecule has 4 nitrogen and oxygen atoms in total. The number of nitrogens with one attached hydrogen (secondary N) is 1. The fraction of sp³-hybridized carbons (Fsp3) is 0.647. The average Bonchev–Trinajstić information content (AvgIpc) is 3.24. The second kappa shape index (κ2) is 6.77. The second-order valence-electron chi connectivity index (χ2n) is 6.21. The van der Waals surface area contributed by atoms with E-state index in [1.807, 2.05) is 12.1 Å². The second-order valence-corrected chi connectivity index (χ2v) is 6.21. The highest BCUT2D eigenvalue weighted by molar-refractivity contribution is 5.37. The third-order valence-electron chi connectivity index (χ3n) is 5.09. The summed E-state index contributed by atoms with van der Waals surface area (Å²) in [6.07, 6.45) is 5.47. The van der Waals surface area contributed by atoms with E-state index in [4.69, 9.17) is 15.3 Å². The van der Waals surface area contributed by atoms with Crippen LogP contribution in [0, 0.1) is 17.8 Å². The van der Waals surface area contributed by atoms with Crippen LogP contribution in [0.2, 0.25) is 0 Å². The van der Waals surface area contributed by atoms with E-state index in [2.05, 4.69) is 17.6 Å². The summed E-state index contributed by atoms with van der Waals surface area (Å²) in [6, 6.07) is 8.45. The van der Waals surface area contributed by atoms with Gasteiger partial charge in [-0.2, -0.15) is 0 Å². The monoisotopic (exact) mass is 290 g/mol. The first-order valence-corrected chi connectivity index (χ1v) is 8.03. The first-order chi connectivity index (χ1) is 10.4. The minimum absolute atomic E-state index is 0.205. The first-order valence-electron chi connectivity index (χ1n) is 8.03. The molecule has 2 aliphatic rings. The molecule has 0 spiro atoms. The molecule has 0 amide bonds. The molecule has 3 N–H and O–H groups in total. The SMILES string of the molecule is COCCOc1ccccc1C(NN)C1C2CCCCC21. The van der Waals surface area contributed by atoms with Crippen LogP contribution in [0.1, 0.15) is 37.3 Å². The largest absolute Gasteiger partial charge is 0.491 e. The van der Waals surface area contributed by atoms with Crippen LogP contribution in [0.3, 0.4) is 0 Å². The number of para-hydroxylation sites is 1. The van der Waals surface area contributed by atoms with E-state index in [1.54, 1.807) is 7.11 Å². The molecule has 1 aromatic carbocycles. The zero-order chi connectivity index (χ0) is 14.7. The molecule has 2 saturated carbocycles. The summed E-state index contributed by atoms with van der Waals surface area (Å²) in [5, 5.41) is 0. The molecular formula is C17H26N2O2. The van der Waals surface area contributed by atoms with Crippen molar-refractivity contribution >= 4 is 0 Å². The van der Waals surface area contributed by atoms with Crippen molar-refractivity contribution in [3.63, 3.8) is 0 Å². The molecule has 1 aromatic rings. The van der Waals surface area contributed by atoms with Crippen LogP contribution >= 0.6 is 0 Å². The number of nitrogens with two attached hydrogens (primary N) is 1. The molecule has 0 saturated heterocycles. The molecule has 3 atom stereocenters. The van der Waals surface area contributed by atoms with E-state index in [0.717, 1.165) is 17.6 Å². The first kappa shape index (κ1) is 14.8. The minimum atomic E-state index is 0.205. The lowest BCUT2D eigenvalue weighted by Gasteiger charge is -2.20. The van der Waals surface area contributed by atoms with Crippen LogP contribution in [0.15, 0.2) is 24.3 Å². The van der Waals surface area contributed by atoms with Crippen molar-refractivity contribution < 1.29 is 9.47 Å². The van der Waals surface area contributed by atoms with Gasteiger partial charge in [-0.1, -0.05) is 31.0 Å². The Morgan fingerprint density at radius 3 is 2.57 bits per heavy atom. The maximum atomic E-state index is 5.89. The van der Waals surface area contributed by atoms with Gasteiger partial charge in [0.1, 0.15) is 12.4 Å². The van der Waals surface area contributed by atoms with E-state index in [9.17, 15) is 0 Å². The van der Waals surface area contributed by atoms with Crippen LogP contribution in [-0.2, 0) is 4.74 Å². The van der Waals surface area contributed by atoms with Crippen LogP contribution in [0.25, 0.3) is 0 Å². The molecule has 2 fully saturated rings. The van der Waals surface area contributed by atoms with Gasteiger partial charge in [-0.05, 0) is 36.7 Å². The smallest absolute Gasteiger partial charge is 0.124 e. The van der Waals surface area contributed by atoms with Gasteiger partial charge in [-0.3, -0.25) is 11.3 Å². The van der Waals surface area contributed by atoms with Crippen molar-refractivity contribution in [2.24, 2.45) is 23.6 Å². The molecule has 4 heteroatoms. The van der Waals surface area contributed by atoms with Crippen molar-refractivity contribution in [1.82, 2.24) is 5.43 Å². The van der Waals surface area contributed by atoms with E-state index >= 15 is 0 Å². The Morgan fingerprint density at radius 1 is 1.19 bits per heavy atom. The van der Waals surface area contributed by atoms with Crippen LogP contribution < -0.4 is 16.0 Å². The Balaban J connectivity index is 1.74. The van der Waals surface area contributed by atoms with E-state index in [1.165, 1.54) is 31.2 Å². The zero-order valence-corrected chi connectivity index (χ0v) is 12.8. The van der Waals surface area contributed by atoms with Crippen molar-refractivity contribution in [3.8, 4) is 5.75 Å². The standard InChI is InChI=1S/C17H26N2O2/c1-20-10-11-21-15-9-5-4-8-14(15)17(19-18)16-12-6-2-3-7-13(12)16/h4-5,8-9,12-13,16-17,19H,2-3,6-7,10-11,18H2,1H3. The Morgan fingerprint density at radius 2 is 1.90 bits per heavy atom. The number of ether oxygens (including phenoxy) is 2. The highest BCUT2D eigenvalue weighted by Gasteiger charge is 2.54. The minimum Gasteiger partial charge on any atom is -0.491 e. The summed E-state index contributed by atoms with van der Waals surface area (Å²) in [6.45, 7) is 1.17. The molecule has 3 rings (SSSR count). The lowest BCUT2D eigenvalue weighted by atomic mass is 9.99. The summed E-state index contributed by atoms with van der Waals surface area (Å²) in [5.74, 6) is 9.20. The van der Waals surface area contributed by atoms with Crippen LogP contribution in [0.4, 0.5) is 0 Å². The third kappa shape index (κ3) is 3.07. The summed E-state index contributed by atoms with van der Waals surface area (Å²) >= 11 is 0. The third-order valence-corrected chi connectivity index (χ3v) is 5.09. The van der Waals surface area contributed by atoms with E-state index < -0.39 is 0 Å². The molecule has 0 bridgehead atoms. The number of hydrogen-bond acceptors (Lipinski definition) is 4. The van der Waals surface area contributed by atoms with Gasteiger partial charge in [0.05, 0.1) is 12.6 Å². The van der Waals surface area contributed by atoms with E-state index in [-0.39, 0.29) is 6.04 Å². The highest BCUT2D eigenvalue weighted by atomic mass is 16.5. The maximum Gasteiger partial charge on any atom is 0.124 e. The summed E-state index contributed by atoms with van der Waals surface area (Å²) in [5.41, 5.74) is 4.25. The van der Waals surface area contributed by atoms with Gasteiger partial charge in [-0.15, -0.1) is 0 Å². The molecular weight excluding hydrogens is 264 g/mol. The Bertz CT molecular complexity index is 454. The molecule has 0 heterocycles. The molecule has 2 aliphatic carbocycles. The van der Waals surface area contributed by atoms with Crippen LogP contribution in [0.5, 0.6) is 5.75 Å². The van der Waals surface area contributed by atoms with E-state index in [0.29, 0.717) is 19.1 Å². The molecule has 21 heavy (non-hydrogen) atoms. The summed E-state index contributed by atoms with van der Waals surface area (Å²) in [7, 11) is 1.69. The quantitative estimate of drug-likeness (QED) is 0.460. The number of fused-ring (bicyclic) bond motifs is 1. The number of hydrogen-bond donors (Lipinski definition) is 2. The van der Waals surface area contributed by atoms with Crippen molar-refractivity contribution in [1.29, 1.82) is 0 Å².